The molecule has 0 atom stereocenters. The van der Waals surface area contributed by atoms with E-state index in [-0.39, 0.29) is 0 Å². The van der Waals surface area contributed by atoms with Crippen molar-refractivity contribution in [3.8, 4) is 12.8 Å². The van der Waals surface area contributed by atoms with E-state index in [1.165, 1.54) is 12.8 Å². The molecule has 74 valence electrons. The molecule has 0 N–H and O–H groups in total. The maximum absolute atomic E-state index is 4.00. The van der Waals surface area contributed by atoms with Crippen molar-refractivity contribution in [2.45, 2.75) is 53.9 Å². The quantitative estimate of drug-likeness (QED) is 0.417. The Balaban J connectivity index is -0.0000000397. The summed E-state index contributed by atoms with van der Waals surface area (Å²) in [6.07, 6.45) is 13.6. The Kier molecular flexibility index (Phi) is 153. The fourth-order valence-electron chi connectivity index (χ4n) is 0.204. The van der Waals surface area contributed by atoms with Gasteiger partial charge in [0.2, 0.25) is 0 Å². The molecule has 12 heavy (non-hydrogen) atoms. The third kappa shape index (κ3) is 379. The number of unbranched alkanes of at least 4 members (excludes halogenated alkanes) is 1. The van der Waals surface area contributed by atoms with Crippen LogP contribution in [-0.4, -0.2) is 0 Å². The summed E-state index contributed by atoms with van der Waals surface area (Å²) < 4.78 is 0. The van der Waals surface area contributed by atoms with Gasteiger partial charge in [0.15, 0.2) is 0 Å². The van der Waals surface area contributed by atoms with Crippen molar-refractivity contribution in [3.05, 3.63) is 12.7 Å². The molecule has 0 fully saturated rings. The van der Waals surface area contributed by atoms with E-state index in [0.29, 0.717) is 0 Å². The molecule has 0 saturated heterocycles. The van der Waals surface area contributed by atoms with E-state index in [4.69, 9.17) is 0 Å². The Morgan fingerprint density at radius 3 is 1.33 bits per heavy atom. The Morgan fingerprint density at radius 1 is 1.08 bits per heavy atom. The lowest BCUT2D eigenvalue weighted by Gasteiger charge is -1.72. The fraction of sp³-hybridized carbons (Fsp3) is 0.667. The van der Waals surface area contributed by atoms with E-state index < -0.39 is 0 Å². The first-order valence-corrected chi connectivity index (χ1v) is 4.77. The summed E-state index contributed by atoms with van der Waals surface area (Å²) in [7, 11) is 0. The summed E-state index contributed by atoms with van der Waals surface area (Å²) in [5.41, 5.74) is 0. The molecule has 0 spiro atoms. The molecule has 0 heteroatoms. The second-order valence-corrected chi connectivity index (χ2v) is 1.78. The second kappa shape index (κ2) is 81.8. The van der Waals surface area contributed by atoms with Crippen molar-refractivity contribution in [1.82, 2.24) is 0 Å². The van der Waals surface area contributed by atoms with Gasteiger partial charge in [-0.05, 0) is 6.42 Å². The third-order valence-electron chi connectivity index (χ3n) is 0.493. The normalized spacial score (nSPS) is 5.25. The van der Waals surface area contributed by atoms with Crippen molar-refractivity contribution in [3.63, 3.8) is 0 Å². The number of hydrogen-bond donors (Lipinski definition) is 0. The zero-order valence-electron chi connectivity index (χ0n) is 9.56. The number of hydrogen-bond acceptors (Lipinski definition) is 0. The van der Waals surface area contributed by atoms with E-state index in [9.17, 15) is 0 Å². The van der Waals surface area contributed by atoms with E-state index in [2.05, 4.69) is 40.2 Å². The van der Waals surface area contributed by atoms with Gasteiger partial charge in [-0.2, -0.15) is 0 Å². The average molecular weight is 170 g/mol. The molecular weight excluding hydrogens is 144 g/mol. The predicted molar refractivity (Wildman–Crippen MR) is 62.3 cm³/mol. The molecule has 0 aromatic rings. The minimum absolute atomic E-state index is 1.15. The summed E-state index contributed by atoms with van der Waals surface area (Å²) >= 11 is 0. The smallest absolute Gasteiger partial charge is 0.0356 e. The lowest BCUT2D eigenvalue weighted by molar-refractivity contribution is 0.961. The van der Waals surface area contributed by atoms with Crippen LogP contribution < -0.4 is 0 Å². The first kappa shape index (κ1) is 22.5. The molecule has 0 radical (unpaired) electrons. The van der Waals surface area contributed by atoms with Crippen LogP contribution in [0.2, 0.25) is 0 Å². The molecule has 0 aromatic carbocycles. The van der Waals surface area contributed by atoms with Crippen LogP contribution in [0.1, 0.15) is 53.9 Å². The van der Waals surface area contributed by atoms with Crippen molar-refractivity contribution < 1.29 is 0 Å². The average Bonchev–Trinajstić information content (AvgIpc) is 2.14. The maximum atomic E-state index is 4.00. The summed E-state index contributed by atoms with van der Waals surface area (Å²) in [4.78, 5) is 0. The van der Waals surface area contributed by atoms with Crippen LogP contribution >= 0.6 is 0 Å². The highest BCUT2D eigenvalue weighted by Gasteiger charge is 1.61. The van der Waals surface area contributed by atoms with Crippen molar-refractivity contribution in [2.75, 3.05) is 0 Å². The molecule has 0 rings (SSSR count). The van der Waals surface area contributed by atoms with Crippen LogP contribution in [0.4, 0.5) is 0 Å². The molecule has 0 bridgehead atoms. The highest BCUT2D eigenvalue weighted by molar-refractivity contribution is 4.63. The summed E-state index contributed by atoms with van der Waals surface area (Å²) in [6.45, 7) is 13.9. The lowest BCUT2D eigenvalue weighted by atomic mass is 10.3. The number of allylic oxidation sites excluding steroid dienone is 1. The summed E-state index contributed by atoms with van der Waals surface area (Å²) in [5, 5.41) is 0. The second-order valence-electron chi connectivity index (χ2n) is 1.78. The highest BCUT2D eigenvalue weighted by atomic mass is 13.7. The predicted octanol–water partition coefficient (Wildman–Crippen LogP) is 4.66. The zero-order chi connectivity index (χ0) is 10.8. The van der Waals surface area contributed by atoms with Crippen LogP contribution in [0.5, 0.6) is 0 Å². The first-order chi connectivity index (χ1) is 5.83. The molecule has 0 unspecified atom stereocenters. The number of rotatable bonds is 2. The van der Waals surface area contributed by atoms with E-state index >= 15 is 0 Å². The Labute approximate surface area is 80.1 Å². The Hall–Kier alpha value is -0.700. The molecule has 0 heterocycles. The molecule has 0 aliphatic carbocycles. The van der Waals surface area contributed by atoms with Crippen LogP contribution in [0.3, 0.4) is 0 Å². The van der Waals surface area contributed by atoms with Gasteiger partial charge >= 0.3 is 0 Å². The molecule has 0 saturated carbocycles. The van der Waals surface area contributed by atoms with Crippen LogP contribution in [-0.2, 0) is 0 Å². The summed E-state index contributed by atoms with van der Waals surface area (Å²) in [6, 6.07) is 0. The van der Waals surface area contributed by atoms with E-state index in [1.54, 1.807) is 0 Å². The van der Waals surface area contributed by atoms with Gasteiger partial charge in [0, 0.05) is 0 Å². The molecule has 0 amide bonds. The summed E-state index contributed by atoms with van der Waals surface area (Å²) in [5.74, 6) is 0. The van der Waals surface area contributed by atoms with Gasteiger partial charge in [-0.25, -0.2) is 0 Å². The van der Waals surface area contributed by atoms with Crippen LogP contribution in [0.15, 0.2) is 12.7 Å². The van der Waals surface area contributed by atoms with E-state index in [0.717, 1.165) is 6.42 Å². The maximum Gasteiger partial charge on any atom is -0.0356 e. The SMILES string of the molecule is C#C.C=CCCC.CC.CCC. The topological polar surface area (TPSA) is 0 Å². The third-order valence-corrected chi connectivity index (χ3v) is 0.493. The Morgan fingerprint density at radius 2 is 1.33 bits per heavy atom. The molecule has 0 aliphatic heterocycles. The number of terminal acetylenes is 1. The molecule has 0 aromatic heterocycles. The van der Waals surface area contributed by atoms with Crippen LogP contribution in [0, 0.1) is 12.8 Å². The zero-order valence-corrected chi connectivity index (χ0v) is 9.56. The van der Waals surface area contributed by atoms with E-state index in [1.807, 2.05) is 19.9 Å². The highest BCUT2D eigenvalue weighted by Crippen LogP contribution is 1.82. The van der Waals surface area contributed by atoms with Gasteiger partial charge in [-0.15, -0.1) is 19.4 Å². The first-order valence-electron chi connectivity index (χ1n) is 4.77. The molecule has 0 nitrogen and oxygen atoms in total. The van der Waals surface area contributed by atoms with Crippen molar-refractivity contribution >= 4 is 0 Å². The van der Waals surface area contributed by atoms with Gasteiger partial charge in [-0.3, -0.25) is 0 Å². The van der Waals surface area contributed by atoms with Gasteiger partial charge in [0.1, 0.15) is 0 Å². The molecular formula is C12H26. The van der Waals surface area contributed by atoms with Crippen molar-refractivity contribution in [2.24, 2.45) is 0 Å². The fourth-order valence-corrected chi connectivity index (χ4v) is 0.204. The van der Waals surface area contributed by atoms with Crippen molar-refractivity contribution in [1.29, 1.82) is 0 Å². The lowest BCUT2D eigenvalue weighted by Crippen LogP contribution is -1.52. The monoisotopic (exact) mass is 170 g/mol. The minimum Gasteiger partial charge on any atom is -0.124 e. The minimum atomic E-state index is 1.15. The largest absolute Gasteiger partial charge is 0.124 e. The van der Waals surface area contributed by atoms with Gasteiger partial charge in [-0.1, -0.05) is 53.5 Å². The standard InChI is InChI=1S/C5H10.C3H8.C2H6.C2H2/c1-3-5-4-2;1-3-2;2*1-2/h3H,1,4-5H2,2H3;3H2,1-2H3;1-2H3;1-2H. The Bertz CT molecular complexity index is 50.3. The van der Waals surface area contributed by atoms with Gasteiger partial charge in [0.05, 0.1) is 0 Å². The van der Waals surface area contributed by atoms with Crippen LogP contribution in [0.25, 0.3) is 0 Å². The van der Waals surface area contributed by atoms with Gasteiger partial charge < -0.3 is 0 Å². The molecule has 0 aliphatic rings. The van der Waals surface area contributed by atoms with Gasteiger partial charge in [0.25, 0.3) is 0 Å².